The number of ether oxygens (including phenoxy) is 1. The molecule has 0 saturated carbocycles. The quantitative estimate of drug-likeness (QED) is 0.843. The second-order valence-electron chi connectivity index (χ2n) is 6.70. The Labute approximate surface area is 143 Å². The Balaban J connectivity index is 1.63. The standard InChI is InChI=1S/C21H22N2O/c1-13-8-14(2)16(9-13)11-20-21(24-3)12-19(23-20)18-10-15-6-4-5-7-17(15)22-18/h4-6,8,10-12,17,22H,7,9H2,1-3H3/b20-11-. The van der Waals surface area contributed by atoms with Crippen LogP contribution in [0.2, 0.25) is 0 Å². The minimum Gasteiger partial charge on any atom is -0.494 e. The third-order valence-corrected chi connectivity index (χ3v) is 4.85. The van der Waals surface area contributed by atoms with Gasteiger partial charge in [0, 0.05) is 6.08 Å². The predicted molar refractivity (Wildman–Crippen MR) is 98.5 cm³/mol. The number of nitrogens with zero attached hydrogens (tertiary/aromatic N) is 1. The average molecular weight is 318 g/mol. The molecular formula is C21H22N2O. The second kappa shape index (κ2) is 5.82. The number of allylic oxidation sites excluding steroid dienone is 8. The van der Waals surface area contributed by atoms with E-state index in [4.69, 9.17) is 9.73 Å². The van der Waals surface area contributed by atoms with Gasteiger partial charge >= 0.3 is 0 Å². The minimum atomic E-state index is 0.381. The molecule has 0 aromatic carbocycles. The third-order valence-electron chi connectivity index (χ3n) is 4.85. The summed E-state index contributed by atoms with van der Waals surface area (Å²) in [6, 6.07) is 0.381. The summed E-state index contributed by atoms with van der Waals surface area (Å²) in [6.45, 7) is 4.33. The van der Waals surface area contributed by atoms with Crippen molar-refractivity contribution in [1.29, 1.82) is 0 Å². The fourth-order valence-corrected chi connectivity index (χ4v) is 3.58. The van der Waals surface area contributed by atoms with Gasteiger partial charge in [0.15, 0.2) is 0 Å². The van der Waals surface area contributed by atoms with E-state index in [1.165, 1.54) is 22.3 Å². The van der Waals surface area contributed by atoms with Crippen molar-refractivity contribution in [2.45, 2.75) is 32.7 Å². The summed E-state index contributed by atoms with van der Waals surface area (Å²) in [5, 5.41) is 3.57. The maximum atomic E-state index is 5.56. The lowest BCUT2D eigenvalue weighted by molar-refractivity contribution is 0.302. The average Bonchev–Trinajstić information content (AvgIpc) is 3.24. The zero-order valence-electron chi connectivity index (χ0n) is 14.4. The molecule has 122 valence electrons. The first-order chi connectivity index (χ1) is 11.6. The van der Waals surface area contributed by atoms with Gasteiger partial charge in [-0.2, -0.15) is 0 Å². The second-order valence-corrected chi connectivity index (χ2v) is 6.70. The van der Waals surface area contributed by atoms with Gasteiger partial charge in [-0.15, -0.1) is 0 Å². The zero-order valence-corrected chi connectivity index (χ0v) is 14.4. The Bertz CT molecular complexity index is 841. The van der Waals surface area contributed by atoms with E-state index in [-0.39, 0.29) is 0 Å². The number of aliphatic imine (C=N–C) groups is 1. The van der Waals surface area contributed by atoms with Gasteiger partial charge in [0.1, 0.15) is 11.5 Å². The Morgan fingerprint density at radius 1 is 1.25 bits per heavy atom. The van der Waals surface area contributed by atoms with E-state index in [0.717, 1.165) is 35.7 Å². The maximum absolute atomic E-state index is 5.56. The van der Waals surface area contributed by atoms with Crippen LogP contribution in [0.25, 0.3) is 0 Å². The molecule has 4 aliphatic rings. The lowest BCUT2D eigenvalue weighted by Gasteiger charge is -2.14. The summed E-state index contributed by atoms with van der Waals surface area (Å²) >= 11 is 0. The van der Waals surface area contributed by atoms with Crippen molar-refractivity contribution in [2.75, 3.05) is 7.11 Å². The van der Waals surface area contributed by atoms with Gasteiger partial charge in [0.05, 0.1) is 24.6 Å². The number of nitrogens with one attached hydrogen (secondary N) is 1. The molecule has 24 heavy (non-hydrogen) atoms. The summed E-state index contributed by atoms with van der Waals surface area (Å²) < 4.78 is 5.56. The van der Waals surface area contributed by atoms with Crippen molar-refractivity contribution in [3.63, 3.8) is 0 Å². The number of rotatable bonds is 3. The number of hydrogen-bond acceptors (Lipinski definition) is 3. The summed E-state index contributed by atoms with van der Waals surface area (Å²) in [7, 11) is 1.71. The SMILES string of the molecule is COC1=CC(C2=CC3=CC=CCC3N2)=N/C1=C\C1=C(C)C=C(C)C1. The van der Waals surface area contributed by atoms with Gasteiger partial charge in [-0.05, 0) is 55.6 Å². The molecule has 2 heterocycles. The number of methoxy groups -OCH3 is 1. The fourth-order valence-electron chi connectivity index (χ4n) is 3.58. The summed E-state index contributed by atoms with van der Waals surface area (Å²) in [4.78, 5) is 4.83. The molecule has 3 heteroatoms. The predicted octanol–water partition coefficient (Wildman–Crippen LogP) is 4.26. The molecule has 0 bridgehead atoms. The Kier molecular flexibility index (Phi) is 3.64. The highest BCUT2D eigenvalue weighted by Crippen LogP contribution is 2.32. The highest BCUT2D eigenvalue weighted by Gasteiger charge is 2.26. The van der Waals surface area contributed by atoms with Gasteiger partial charge < -0.3 is 10.1 Å². The van der Waals surface area contributed by atoms with E-state index in [1.807, 2.05) is 6.08 Å². The summed E-state index contributed by atoms with van der Waals surface area (Å²) in [6.07, 6.45) is 17.1. The molecule has 0 radical (unpaired) electrons. The Morgan fingerprint density at radius 2 is 2.12 bits per heavy atom. The van der Waals surface area contributed by atoms with E-state index < -0.39 is 0 Å². The molecule has 0 aromatic heterocycles. The van der Waals surface area contributed by atoms with Gasteiger partial charge in [-0.3, -0.25) is 0 Å². The van der Waals surface area contributed by atoms with Crippen LogP contribution in [0.4, 0.5) is 0 Å². The topological polar surface area (TPSA) is 33.6 Å². The van der Waals surface area contributed by atoms with Crippen molar-refractivity contribution < 1.29 is 4.74 Å². The maximum Gasteiger partial charge on any atom is 0.146 e. The van der Waals surface area contributed by atoms with Crippen LogP contribution in [0.15, 0.2) is 87.0 Å². The Morgan fingerprint density at radius 3 is 2.83 bits per heavy atom. The normalized spacial score (nSPS) is 26.7. The number of hydrogen-bond donors (Lipinski definition) is 1. The van der Waals surface area contributed by atoms with E-state index in [2.05, 4.69) is 55.6 Å². The van der Waals surface area contributed by atoms with Crippen molar-refractivity contribution in [3.05, 3.63) is 82.0 Å². The van der Waals surface area contributed by atoms with Crippen molar-refractivity contribution >= 4 is 5.71 Å². The third kappa shape index (κ3) is 2.60. The molecule has 0 aromatic rings. The van der Waals surface area contributed by atoms with E-state index in [1.54, 1.807) is 7.11 Å². The van der Waals surface area contributed by atoms with Crippen LogP contribution in [-0.2, 0) is 4.74 Å². The lowest BCUT2D eigenvalue weighted by Crippen LogP contribution is -2.26. The monoisotopic (exact) mass is 318 g/mol. The highest BCUT2D eigenvalue weighted by atomic mass is 16.5. The van der Waals surface area contributed by atoms with Crippen LogP contribution in [0.5, 0.6) is 0 Å². The summed E-state index contributed by atoms with van der Waals surface area (Å²) in [5.41, 5.74) is 8.31. The first-order valence-corrected chi connectivity index (χ1v) is 8.43. The smallest absolute Gasteiger partial charge is 0.146 e. The van der Waals surface area contributed by atoms with Gasteiger partial charge in [0.25, 0.3) is 0 Å². The van der Waals surface area contributed by atoms with Crippen molar-refractivity contribution in [1.82, 2.24) is 5.32 Å². The molecule has 1 atom stereocenters. The first-order valence-electron chi connectivity index (χ1n) is 8.43. The highest BCUT2D eigenvalue weighted by molar-refractivity contribution is 6.12. The molecule has 2 aliphatic heterocycles. The van der Waals surface area contributed by atoms with Crippen molar-refractivity contribution in [3.8, 4) is 0 Å². The first kappa shape index (κ1) is 15.0. The zero-order chi connectivity index (χ0) is 16.7. The van der Waals surface area contributed by atoms with Crippen LogP contribution >= 0.6 is 0 Å². The van der Waals surface area contributed by atoms with E-state index >= 15 is 0 Å². The molecule has 3 nitrogen and oxygen atoms in total. The van der Waals surface area contributed by atoms with Crippen LogP contribution < -0.4 is 5.32 Å². The molecule has 0 saturated heterocycles. The van der Waals surface area contributed by atoms with Crippen LogP contribution in [0.1, 0.15) is 26.7 Å². The fraction of sp³-hybridized carbons (Fsp3) is 0.286. The lowest BCUT2D eigenvalue weighted by atomic mass is 10.0. The molecule has 1 unspecified atom stereocenters. The Hall–Kier alpha value is -2.55. The largest absolute Gasteiger partial charge is 0.494 e. The molecule has 0 spiro atoms. The van der Waals surface area contributed by atoms with Gasteiger partial charge in [-0.1, -0.05) is 29.9 Å². The van der Waals surface area contributed by atoms with Gasteiger partial charge in [0.2, 0.25) is 0 Å². The van der Waals surface area contributed by atoms with Crippen molar-refractivity contribution in [2.24, 2.45) is 4.99 Å². The summed E-state index contributed by atoms with van der Waals surface area (Å²) in [5.74, 6) is 0.833. The molecule has 0 amide bonds. The van der Waals surface area contributed by atoms with Crippen LogP contribution in [-0.4, -0.2) is 18.9 Å². The molecule has 0 fully saturated rings. The van der Waals surface area contributed by atoms with E-state index in [0.29, 0.717) is 6.04 Å². The molecule has 1 N–H and O–H groups in total. The van der Waals surface area contributed by atoms with Gasteiger partial charge in [-0.25, -0.2) is 4.99 Å². The van der Waals surface area contributed by atoms with Crippen LogP contribution in [0.3, 0.4) is 0 Å². The molecule has 2 aliphatic carbocycles. The molecular weight excluding hydrogens is 296 g/mol. The number of fused-ring (bicyclic) bond motifs is 1. The van der Waals surface area contributed by atoms with E-state index in [9.17, 15) is 0 Å². The molecule has 4 rings (SSSR count). The minimum absolute atomic E-state index is 0.381. The van der Waals surface area contributed by atoms with Crippen LogP contribution in [0, 0.1) is 0 Å².